The minimum atomic E-state index is -4.07. The number of carbonyl (C=O) groups excluding carboxylic acids is 1. The van der Waals surface area contributed by atoms with Crippen LogP contribution in [0.1, 0.15) is 30.1 Å². The van der Waals surface area contributed by atoms with Crippen molar-refractivity contribution in [3.05, 3.63) is 75.6 Å². The topological polar surface area (TPSA) is 122 Å². The van der Waals surface area contributed by atoms with Crippen LogP contribution < -0.4 is 14.2 Å². The lowest BCUT2D eigenvalue weighted by molar-refractivity contribution is -0.605. The number of ether oxygens (including phenoxy) is 3. The van der Waals surface area contributed by atoms with E-state index in [1.165, 1.54) is 30.5 Å². The van der Waals surface area contributed by atoms with Crippen molar-refractivity contribution in [2.45, 2.75) is 42.2 Å². The number of esters is 1. The third-order valence-electron chi connectivity index (χ3n) is 6.59. The molecular weight excluding hydrogens is 641 g/mol. The fourth-order valence-corrected chi connectivity index (χ4v) is 7.85. The number of alkyl halides is 2. The van der Waals surface area contributed by atoms with Gasteiger partial charge in [0.25, 0.3) is 0 Å². The van der Waals surface area contributed by atoms with Gasteiger partial charge in [-0.15, -0.1) is 11.8 Å². The second-order valence-electron chi connectivity index (χ2n) is 9.56. The molecule has 2 fully saturated rings. The maximum absolute atomic E-state index is 13.5. The zero-order chi connectivity index (χ0) is 30.0. The first-order chi connectivity index (χ1) is 20.0. The molecule has 2 aromatic heterocycles. The van der Waals surface area contributed by atoms with Crippen molar-refractivity contribution in [3.63, 3.8) is 0 Å². The van der Waals surface area contributed by atoms with Crippen LogP contribution in [0.2, 0.25) is 10.0 Å². The summed E-state index contributed by atoms with van der Waals surface area (Å²) in [6.07, 6.45) is 5.07. The average Bonchev–Trinajstić information content (AvgIpc) is 3.36. The quantitative estimate of drug-likeness (QED) is 0.146. The number of furan rings is 1. The molecule has 226 valence electrons. The average molecular weight is 666 g/mol. The van der Waals surface area contributed by atoms with E-state index >= 15 is 0 Å². The predicted molar refractivity (Wildman–Crippen MR) is 148 cm³/mol. The fourth-order valence-electron chi connectivity index (χ4n) is 4.28. The molecule has 42 heavy (non-hydrogen) atoms. The van der Waals surface area contributed by atoms with Crippen molar-refractivity contribution >= 4 is 51.0 Å². The number of thioether (sulfide) groups is 1. The maximum atomic E-state index is 13.5. The lowest BCUT2D eigenvalue weighted by Gasteiger charge is -2.25. The molecule has 3 aromatic rings. The first kappa shape index (κ1) is 30.7. The van der Waals surface area contributed by atoms with Crippen LogP contribution in [-0.2, 0) is 26.0 Å². The third-order valence-corrected chi connectivity index (χ3v) is 10.4. The largest absolute Gasteiger partial charge is 0.619 e. The summed E-state index contributed by atoms with van der Waals surface area (Å²) < 4.78 is 75.2. The Labute approximate surface area is 254 Å². The number of halogens is 4. The highest BCUT2D eigenvalue weighted by Gasteiger charge is 2.42. The molecule has 0 radical (unpaired) electrons. The second kappa shape index (κ2) is 12.8. The monoisotopic (exact) mass is 664 g/mol. The van der Waals surface area contributed by atoms with Gasteiger partial charge < -0.3 is 23.8 Å². The number of benzene rings is 1. The molecule has 1 aliphatic carbocycles. The summed E-state index contributed by atoms with van der Waals surface area (Å²) in [5, 5.41) is 10.6. The van der Waals surface area contributed by atoms with E-state index in [2.05, 4.69) is 4.74 Å². The minimum Gasteiger partial charge on any atom is -0.619 e. The van der Waals surface area contributed by atoms with E-state index in [9.17, 15) is 27.2 Å². The van der Waals surface area contributed by atoms with E-state index in [0.717, 1.165) is 47.6 Å². The summed E-state index contributed by atoms with van der Waals surface area (Å²) in [6.45, 7) is -2.76. The summed E-state index contributed by atoms with van der Waals surface area (Å²) in [5.74, 6) is -0.427. The van der Waals surface area contributed by atoms with Gasteiger partial charge in [0.1, 0.15) is 27.3 Å². The van der Waals surface area contributed by atoms with Crippen LogP contribution in [0, 0.1) is 11.1 Å². The molecule has 1 aromatic carbocycles. The highest BCUT2D eigenvalue weighted by molar-refractivity contribution is 8.02. The highest BCUT2D eigenvalue weighted by atomic mass is 35.5. The first-order valence-electron chi connectivity index (χ1n) is 12.7. The Bertz CT molecular complexity index is 1520. The number of hydrogen-bond donors (Lipinski definition) is 0. The molecule has 0 N–H and O–H groups in total. The highest BCUT2D eigenvalue weighted by Crippen LogP contribution is 2.39. The minimum absolute atomic E-state index is 0.000753. The molecule has 16 heteroatoms. The predicted octanol–water partition coefficient (Wildman–Crippen LogP) is 5.20. The molecule has 1 saturated heterocycles. The van der Waals surface area contributed by atoms with Crippen LogP contribution in [0.25, 0.3) is 0 Å². The zero-order valence-corrected chi connectivity index (χ0v) is 24.8. The van der Waals surface area contributed by atoms with Crippen LogP contribution in [0.15, 0.2) is 58.5 Å². The Kier molecular flexibility index (Phi) is 9.38. The summed E-state index contributed by atoms with van der Waals surface area (Å²) >= 11 is 13.7. The zero-order valence-electron chi connectivity index (χ0n) is 21.7. The number of sulfonamides is 1. The summed E-state index contributed by atoms with van der Waals surface area (Å²) in [6, 6.07) is 5.38. The number of rotatable bonds is 12. The molecule has 1 saturated carbocycles. The van der Waals surface area contributed by atoms with Gasteiger partial charge in [0.2, 0.25) is 10.0 Å². The van der Waals surface area contributed by atoms with Crippen molar-refractivity contribution in [2.24, 2.45) is 5.92 Å². The number of nitrogens with zero attached hydrogens (tertiary/aromatic N) is 2. The number of carbonyl (C=O) groups is 1. The van der Waals surface area contributed by atoms with E-state index in [1.807, 2.05) is 0 Å². The normalized spacial score (nSPS) is 18.3. The van der Waals surface area contributed by atoms with Gasteiger partial charge in [-0.2, -0.15) is 17.8 Å². The summed E-state index contributed by atoms with van der Waals surface area (Å²) in [7, 11) is -4.07. The molecule has 1 aliphatic heterocycles. The van der Waals surface area contributed by atoms with Crippen molar-refractivity contribution in [1.82, 2.24) is 4.31 Å². The molecule has 2 unspecified atom stereocenters. The lowest BCUT2D eigenvalue weighted by Crippen LogP contribution is -2.40. The van der Waals surface area contributed by atoms with Crippen LogP contribution in [0.5, 0.6) is 11.5 Å². The van der Waals surface area contributed by atoms with Gasteiger partial charge in [0.15, 0.2) is 29.3 Å². The van der Waals surface area contributed by atoms with Crippen LogP contribution >= 0.6 is 35.0 Å². The van der Waals surface area contributed by atoms with Gasteiger partial charge >= 0.3 is 12.6 Å². The molecule has 2 atom stereocenters. The Morgan fingerprint density at radius 3 is 2.57 bits per heavy atom. The Morgan fingerprint density at radius 1 is 1.19 bits per heavy atom. The molecule has 0 amide bonds. The number of pyridine rings is 1. The third kappa shape index (κ3) is 7.05. The van der Waals surface area contributed by atoms with Crippen molar-refractivity contribution in [2.75, 3.05) is 18.9 Å². The lowest BCUT2D eigenvalue weighted by atomic mass is 10.0. The van der Waals surface area contributed by atoms with Crippen molar-refractivity contribution in [3.8, 4) is 11.5 Å². The SMILES string of the molecule is O=C(OC(Cc1c(Cl)c[n+]([O-])cc1Cl)c1ccc(OC(F)F)c(OCC2CC2)c1)C1SCCN1S(=O)(=O)c1ccoc1. The Hall–Kier alpha value is -2.78. The molecule has 2 aliphatic rings. The van der Waals surface area contributed by atoms with Crippen LogP contribution in [-0.4, -0.2) is 49.6 Å². The van der Waals surface area contributed by atoms with Crippen molar-refractivity contribution < 1.29 is 45.4 Å². The maximum Gasteiger partial charge on any atom is 0.387 e. The molecule has 10 nitrogen and oxygen atoms in total. The fraction of sp³-hybridized carbons (Fsp3) is 0.385. The van der Waals surface area contributed by atoms with Gasteiger partial charge in [0, 0.05) is 24.3 Å². The molecule has 0 bridgehead atoms. The van der Waals surface area contributed by atoms with Crippen LogP contribution in [0.3, 0.4) is 0 Å². The van der Waals surface area contributed by atoms with E-state index in [1.54, 1.807) is 0 Å². The van der Waals surface area contributed by atoms with Crippen LogP contribution in [0.4, 0.5) is 8.78 Å². The standard InChI is InChI=1S/C26H24Cl2F2N2O8S2/c27-19-11-31(34)12-20(28)18(19)10-22(16-3-4-21(40-26(29)30)23(9-16)38-13-15-1-2-15)39-25(33)24-32(6-8-41-24)42(35,36)17-5-7-37-14-17/h3-5,7,9,11-12,14-15,22,24,26H,1-2,6,8,10,13H2. The van der Waals surface area contributed by atoms with Gasteiger partial charge in [-0.1, -0.05) is 29.3 Å². The number of aromatic nitrogens is 1. The summed E-state index contributed by atoms with van der Waals surface area (Å²) in [5.41, 5.74) is 0.590. The molecule has 3 heterocycles. The summed E-state index contributed by atoms with van der Waals surface area (Å²) in [4.78, 5) is 13.4. The second-order valence-corrected chi connectivity index (χ2v) is 13.5. The molecular formula is C26H24Cl2F2N2O8S2. The van der Waals surface area contributed by atoms with Gasteiger partial charge in [-0.25, -0.2) is 13.2 Å². The van der Waals surface area contributed by atoms with Gasteiger partial charge in [-0.05, 0) is 42.5 Å². The van der Waals surface area contributed by atoms with E-state index < -0.39 is 34.1 Å². The molecule has 0 spiro atoms. The van der Waals surface area contributed by atoms with E-state index in [-0.39, 0.29) is 51.6 Å². The van der Waals surface area contributed by atoms with Gasteiger partial charge in [0.05, 0.1) is 12.9 Å². The molecule has 5 rings (SSSR count). The smallest absolute Gasteiger partial charge is 0.387 e. The Balaban J connectivity index is 1.47. The van der Waals surface area contributed by atoms with Gasteiger partial charge in [-0.3, -0.25) is 0 Å². The van der Waals surface area contributed by atoms with E-state index in [4.69, 9.17) is 37.1 Å². The number of hydrogen-bond acceptors (Lipinski definition) is 9. The van der Waals surface area contributed by atoms with E-state index in [0.29, 0.717) is 22.0 Å². The first-order valence-corrected chi connectivity index (χ1v) is 15.9. The Morgan fingerprint density at radius 2 is 1.93 bits per heavy atom. The van der Waals surface area contributed by atoms with Crippen molar-refractivity contribution in [1.29, 1.82) is 0 Å².